The minimum absolute atomic E-state index is 0.0521. The highest BCUT2D eigenvalue weighted by Crippen LogP contribution is 2.42. The number of fused-ring (bicyclic) bond motifs is 1. The van der Waals surface area contributed by atoms with Crippen LogP contribution in [-0.2, 0) is 27.2 Å². The van der Waals surface area contributed by atoms with E-state index in [4.69, 9.17) is 4.74 Å². The van der Waals surface area contributed by atoms with Gasteiger partial charge in [0.2, 0.25) is 0 Å². The first-order chi connectivity index (χ1) is 18.4. The maximum absolute atomic E-state index is 13.7. The molecule has 0 fully saturated rings. The molecule has 1 aliphatic heterocycles. The van der Waals surface area contributed by atoms with Crippen molar-refractivity contribution in [1.29, 1.82) is 0 Å². The van der Waals surface area contributed by atoms with Gasteiger partial charge in [0.05, 0.1) is 33.8 Å². The predicted molar refractivity (Wildman–Crippen MR) is 131 cm³/mol. The number of aliphatic carboxylic acids is 1. The highest BCUT2D eigenvalue weighted by Gasteiger charge is 2.40. The second-order valence-corrected chi connectivity index (χ2v) is 11.6. The summed E-state index contributed by atoms with van der Waals surface area (Å²) in [5.41, 5.74) is -3.94. The Bertz CT molecular complexity index is 1550. The van der Waals surface area contributed by atoms with E-state index in [1.807, 2.05) is 0 Å². The molecule has 0 saturated heterocycles. The van der Waals surface area contributed by atoms with Crippen molar-refractivity contribution in [3.05, 3.63) is 71.9 Å². The van der Waals surface area contributed by atoms with Gasteiger partial charge in [-0.05, 0) is 62.4 Å². The molecule has 1 aromatic heterocycles. The van der Waals surface area contributed by atoms with E-state index in [-0.39, 0.29) is 29.1 Å². The number of ether oxygens (including phenoxy) is 1. The fourth-order valence-corrected chi connectivity index (χ4v) is 5.72. The van der Waals surface area contributed by atoms with E-state index in [0.717, 1.165) is 28.6 Å². The van der Waals surface area contributed by atoms with Crippen LogP contribution >= 0.6 is 0 Å². The first-order valence-electron chi connectivity index (χ1n) is 11.7. The third-order valence-corrected chi connectivity index (χ3v) is 8.07. The second kappa shape index (κ2) is 9.98. The summed E-state index contributed by atoms with van der Waals surface area (Å²) in [7, 11) is -4.69. The number of anilines is 1. The van der Waals surface area contributed by atoms with Gasteiger partial charge in [0.15, 0.2) is 0 Å². The van der Waals surface area contributed by atoms with Crippen LogP contribution in [0.1, 0.15) is 31.5 Å². The van der Waals surface area contributed by atoms with Crippen LogP contribution in [0.3, 0.4) is 0 Å². The molecule has 0 saturated carbocycles. The number of rotatable bonds is 6. The summed E-state index contributed by atoms with van der Waals surface area (Å²) in [5.74, 6) is -1.23. The molecule has 2 heterocycles. The number of sulfonamides is 1. The Morgan fingerprint density at radius 1 is 1.00 bits per heavy atom. The zero-order chi connectivity index (χ0) is 29.7. The molecule has 7 nitrogen and oxygen atoms in total. The van der Waals surface area contributed by atoms with Crippen LogP contribution in [0.25, 0.3) is 11.3 Å². The lowest BCUT2D eigenvalue weighted by Gasteiger charge is -2.37. The Hall–Kier alpha value is -3.81. The van der Waals surface area contributed by atoms with Crippen molar-refractivity contribution >= 4 is 21.7 Å². The second-order valence-electron chi connectivity index (χ2n) is 9.78. The maximum atomic E-state index is 13.7. The van der Waals surface area contributed by atoms with Gasteiger partial charge in [0.25, 0.3) is 10.0 Å². The monoisotopic (exact) mass is 588 g/mol. The standard InChI is InChI=1S/C26H22F6N2O5S/c1-24(2,23(35)36)13-17-14-34(40(37,38)18-6-3-5-16(12-18)25(27,28)29)20-11-15(9-10-21(20)39-17)19-7-4-8-22(33-19)26(30,31)32/h3-12,17H,13-14H2,1-2H3,(H,35,36). The van der Waals surface area contributed by atoms with Gasteiger partial charge in [0.1, 0.15) is 17.5 Å². The zero-order valence-electron chi connectivity index (χ0n) is 20.9. The lowest BCUT2D eigenvalue weighted by Crippen LogP contribution is -2.46. The number of benzene rings is 2. The van der Waals surface area contributed by atoms with Crippen molar-refractivity contribution in [2.24, 2.45) is 5.41 Å². The third kappa shape index (κ3) is 5.86. The average molecular weight is 589 g/mol. The van der Waals surface area contributed by atoms with Crippen molar-refractivity contribution in [2.45, 2.75) is 43.6 Å². The van der Waals surface area contributed by atoms with Gasteiger partial charge < -0.3 is 9.84 Å². The molecule has 4 rings (SSSR count). The number of alkyl halides is 6. The molecule has 1 unspecified atom stereocenters. The molecular formula is C26H22F6N2O5S. The van der Waals surface area contributed by atoms with Gasteiger partial charge in [-0.2, -0.15) is 26.3 Å². The quantitative estimate of drug-likeness (QED) is 0.343. The van der Waals surface area contributed by atoms with Gasteiger partial charge in [-0.25, -0.2) is 13.4 Å². The summed E-state index contributed by atoms with van der Waals surface area (Å²) >= 11 is 0. The number of carbonyl (C=O) groups is 1. The Balaban J connectivity index is 1.84. The van der Waals surface area contributed by atoms with E-state index in [1.54, 1.807) is 0 Å². The highest BCUT2D eigenvalue weighted by atomic mass is 32.2. The smallest absolute Gasteiger partial charge is 0.433 e. The van der Waals surface area contributed by atoms with Crippen molar-refractivity contribution < 1.29 is 49.4 Å². The Kier molecular flexibility index (Phi) is 7.28. The molecule has 40 heavy (non-hydrogen) atoms. The van der Waals surface area contributed by atoms with Crippen molar-refractivity contribution in [1.82, 2.24) is 4.98 Å². The average Bonchev–Trinajstić information content (AvgIpc) is 2.87. The van der Waals surface area contributed by atoms with Crippen molar-refractivity contribution in [3.8, 4) is 17.0 Å². The van der Waals surface area contributed by atoms with Crippen LogP contribution < -0.4 is 9.04 Å². The molecular weight excluding hydrogens is 566 g/mol. The third-order valence-electron chi connectivity index (χ3n) is 6.29. The number of halogens is 6. The van der Waals surface area contributed by atoms with Gasteiger partial charge in [-0.15, -0.1) is 0 Å². The van der Waals surface area contributed by atoms with Crippen LogP contribution in [0.15, 0.2) is 65.6 Å². The van der Waals surface area contributed by atoms with E-state index in [2.05, 4.69) is 4.98 Å². The molecule has 0 radical (unpaired) electrons. The molecule has 1 N–H and O–H groups in total. The minimum Gasteiger partial charge on any atom is -0.486 e. The number of nitrogens with zero attached hydrogens (tertiary/aromatic N) is 2. The van der Waals surface area contributed by atoms with E-state index in [1.165, 1.54) is 38.1 Å². The van der Waals surface area contributed by atoms with Crippen molar-refractivity contribution in [2.75, 3.05) is 10.8 Å². The first kappa shape index (κ1) is 29.2. The molecule has 214 valence electrons. The molecule has 0 aliphatic carbocycles. The summed E-state index contributed by atoms with van der Waals surface area (Å²) in [5, 5.41) is 9.54. The minimum atomic E-state index is -4.83. The normalized spacial score (nSPS) is 16.3. The Labute approximate surface area is 225 Å². The Morgan fingerprint density at radius 2 is 1.68 bits per heavy atom. The molecule has 0 spiro atoms. The summed E-state index contributed by atoms with van der Waals surface area (Å²) in [6, 6.07) is 10.1. The highest BCUT2D eigenvalue weighted by molar-refractivity contribution is 7.92. The molecule has 0 bridgehead atoms. The lowest BCUT2D eigenvalue weighted by atomic mass is 9.86. The summed E-state index contributed by atoms with van der Waals surface area (Å²) in [6.07, 6.45) is -10.7. The molecule has 14 heteroatoms. The largest absolute Gasteiger partial charge is 0.486 e. The van der Waals surface area contributed by atoms with E-state index >= 15 is 0 Å². The predicted octanol–water partition coefficient (Wildman–Crippen LogP) is 6.24. The van der Waals surface area contributed by atoms with Crippen LogP contribution in [0.4, 0.5) is 32.0 Å². The number of hydrogen-bond acceptors (Lipinski definition) is 5. The van der Waals surface area contributed by atoms with E-state index < -0.39 is 62.6 Å². The van der Waals surface area contributed by atoms with Crippen LogP contribution in [0, 0.1) is 5.41 Å². The van der Waals surface area contributed by atoms with Crippen molar-refractivity contribution in [3.63, 3.8) is 0 Å². The summed E-state index contributed by atoms with van der Waals surface area (Å²) in [6.45, 7) is 2.34. The maximum Gasteiger partial charge on any atom is 0.433 e. The van der Waals surface area contributed by atoms with Gasteiger partial charge in [-0.1, -0.05) is 12.1 Å². The summed E-state index contributed by atoms with van der Waals surface area (Å²) in [4.78, 5) is 14.6. The van der Waals surface area contributed by atoms with Gasteiger partial charge in [0, 0.05) is 12.0 Å². The molecule has 1 atom stereocenters. The molecule has 0 amide bonds. The van der Waals surface area contributed by atoms with Crippen LogP contribution in [-0.4, -0.2) is 37.1 Å². The fourth-order valence-electron chi connectivity index (χ4n) is 4.18. The number of carboxylic acids is 1. The number of aromatic nitrogens is 1. The van der Waals surface area contributed by atoms with Crippen LogP contribution in [0.2, 0.25) is 0 Å². The number of carboxylic acid groups (broad SMARTS) is 1. The fraction of sp³-hybridized carbons (Fsp3) is 0.308. The SMILES string of the molecule is CC(C)(CC1CN(S(=O)(=O)c2cccc(C(F)(F)F)c2)c2cc(-c3cccc(C(F)(F)F)n3)ccc2O1)C(=O)O. The zero-order valence-corrected chi connectivity index (χ0v) is 21.7. The van der Waals surface area contributed by atoms with Gasteiger partial charge >= 0.3 is 18.3 Å². The van der Waals surface area contributed by atoms with E-state index in [0.29, 0.717) is 12.1 Å². The van der Waals surface area contributed by atoms with E-state index in [9.17, 15) is 44.7 Å². The Morgan fingerprint density at radius 3 is 2.30 bits per heavy atom. The first-order valence-corrected chi connectivity index (χ1v) is 13.1. The molecule has 1 aliphatic rings. The molecule has 2 aromatic carbocycles. The molecule has 3 aromatic rings. The topological polar surface area (TPSA) is 96.8 Å². The number of pyridine rings is 1. The number of hydrogen-bond donors (Lipinski definition) is 1. The lowest BCUT2D eigenvalue weighted by molar-refractivity contribution is -0.148. The summed E-state index contributed by atoms with van der Waals surface area (Å²) < 4.78 is 114. The van der Waals surface area contributed by atoms with Gasteiger partial charge in [-0.3, -0.25) is 9.10 Å². The van der Waals surface area contributed by atoms with Crippen LogP contribution in [0.5, 0.6) is 5.75 Å².